The lowest BCUT2D eigenvalue weighted by atomic mass is 10.1. The maximum atomic E-state index is 13.5. The molecular formula is C17H17FO3. The summed E-state index contributed by atoms with van der Waals surface area (Å²) in [4.78, 5) is 10.8. The number of carboxylic acid groups (broad SMARTS) is 1. The number of benzene rings is 2. The molecule has 110 valence electrons. The molecule has 0 saturated heterocycles. The molecule has 0 bridgehead atoms. The van der Waals surface area contributed by atoms with Crippen LogP contribution in [0.3, 0.4) is 0 Å². The van der Waals surface area contributed by atoms with Crippen LogP contribution >= 0.6 is 0 Å². The second-order valence-electron chi connectivity index (χ2n) is 4.75. The maximum absolute atomic E-state index is 13.5. The molecule has 0 fully saturated rings. The molecule has 2 aromatic rings. The molecule has 0 aliphatic rings. The number of carbonyl (C=O) groups is 1. The zero-order valence-electron chi connectivity index (χ0n) is 11.6. The Hall–Kier alpha value is -2.20. The van der Waals surface area contributed by atoms with E-state index in [-0.39, 0.29) is 17.7 Å². The molecular weight excluding hydrogens is 271 g/mol. The van der Waals surface area contributed by atoms with Crippen molar-refractivity contribution in [1.82, 2.24) is 0 Å². The molecule has 3 nitrogen and oxygen atoms in total. The van der Waals surface area contributed by atoms with Crippen LogP contribution in [-0.2, 0) is 17.8 Å². The second kappa shape index (κ2) is 7.55. The first-order valence-electron chi connectivity index (χ1n) is 6.80. The van der Waals surface area contributed by atoms with Gasteiger partial charge in [-0.15, -0.1) is 0 Å². The van der Waals surface area contributed by atoms with Crippen molar-refractivity contribution in [3.8, 4) is 0 Å². The van der Waals surface area contributed by atoms with Crippen molar-refractivity contribution >= 4 is 5.97 Å². The predicted molar refractivity (Wildman–Crippen MR) is 77.8 cm³/mol. The summed E-state index contributed by atoms with van der Waals surface area (Å²) in [5.41, 5.74) is 1.58. The van der Waals surface area contributed by atoms with Crippen LogP contribution in [0.15, 0.2) is 48.5 Å². The third kappa shape index (κ3) is 4.68. The number of rotatable bonds is 7. The summed E-state index contributed by atoms with van der Waals surface area (Å²) in [6.07, 6.45) is 1.74. The van der Waals surface area contributed by atoms with Crippen molar-refractivity contribution in [3.05, 3.63) is 71.0 Å². The maximum Gasteiger partial charge on any atom is 0.335 e. The highest BCUT2D eigenvalue weighted by atomic mass is 19.1. The molecule has 0 heterocycles. The number of aromatic carboxylic acids is 1. The highest BCUT2D eigenvalue weighted by molar-refractivity contribution is 5.87. The van der Waals surface area contributed by atoms with Gasteiger partial charge < -0.3 is 9.84 Å². The number of ether oxygens (including phenoxy) is 1. The second-order valence-corrected chi connectivity index (χ2v) is 4.75. The van der Waals surface area contributed by atoms with E-state index in [1.165, 1.54) is 17.7 Å². The van der Waals surface area contributed by atoms with Gasteiger partial charge in [-0.2, -0.15) is 0 Å². The van der Waals surface area contributed by atoms with Crippen molar-refractivity contribution in [2.24, 2.45) is 0 Å². The summed E-state index contributed by atoms with van der Waals surface area (Å²) in [6.45, 7) is 0.591. The summed E-state index contributed by atoms with van der Waals surface area (Å²) < 4.78 is 19.0. The molecule has 4 heteroatoms. The minimum Gasteiger partial charge on any atom is -0.478 e. The number of hydrogen-bond acceptors (Lipinski definition) is 2. The van der Waals surface area contributed by atoms with E-state index in [4.69, 9.17) is 9.84 Å². The van der Waals surface area contributed by atoms with Gasteiger partial charge in [-0.1, -0.05) is 30.3 Å². The monoisotopic (exact) mass is 288 g/mol. The SMILES string of the molecule is O=C(O)c1ccc(F)c(COCCCc2ccccc2)c1. The molecule has 0 atom stereocenters. The van der Waals surface area contributed by atoms with Crippen molar-refractivity contribution in [2.75, 3.05) is 6.61 Å². The van der Waals surface area contributed by atoms with Crippen molar-refractivity contribution in [3.63, 3.8) is 0 Å². The van der Waals surface area contributed by atoms with E-state index in [0.29, 0.717) is 6.61 Å². The van der Waals surface area contributed by atoms with Gasteiger partial charge in [0, 0.05) is 12.2 Å². The fraction of sp³-hybridized carbons (Fsp3) is 0.235. The van der Waals surface area contributed by atoms with Crippen LogP contribution in [0, 0.1) is 5.82 Å². The molecule has 0 aliphatic heterocycles. The van der Waals surface area contributed by atoms with Gasteiger partial charge in [0.25, 0.3) is 0 Å². The van der Waals surface area contributed by atoms with Crippen LogP contribution in [0.5, 0.6) is 0 Å². The average Bonchev–Trinajstić information content (AvgIpc) is 2.49. The van der Waals surface area contributed by atoms with Crippen LogP contribution in [0.25, 0.3) is 0 Å². The molecule has 2 rings (SSSR count). The summed E-state index contributed by atoms with van der Waals surface area (Å²) in [7, 11) is 0. The number of aryl methyl sites for hydroxylation is 1. The Labute approximate surface area is 123 Å². The lowest BCUT2D eigenvalue weighted by Gasteiger charge is -2.07. The quantitative estimate of drug-likeness (QED) is 0.791. The average molecular weight is 288 g/mol. The number of halogens is 1. The fourth-order valence-corrected chi connectivity index (χ4v) is 2.02. The third-order valence-electron chi connectivity index (χ3n) is 3.15. The Bertz CT molecular complexity index is 596. The van der Waals surface area contributed by atoms with Gasteiger partial charge in [0.05, 0.1) is 12.2 Å². The summed E-state index contributed by atoms with van der Waals surface area (Å²) in [6, 6.07) is 13.8. The molecule has 0 unspecified atom stereocenters. The molecule has 1 N–H and O–H groups in total. The van der Waals surface area contributed by atoms with E-state index in [2.05, 4.69) is 12.1 Å². The molecule has 0 spiro atoms. The lowest BCUT2D eigenvalue weighted by molar-refractivity contribution is 0.0696. The molecule has 0 amide bonds. The van der Waals surface area contributed by atoms with E-state index in [9.17, 15) is 9.18 Å². The molecule has 21 heavy (non-hydrogen) atoms. The van der Waals surface area contributed by atoms with Crippen LogP contribution < -0.4 is 0 Å². The molecule has 2 aromatic carbocycles. The van der Waals surface area contributed by atoms with Crippen LogP contribution in [0.4, 0.5) is 4.39 Å². The van der Waals surface area contributed by atoms with Gasteiger partial charge in [0.15, 0.2) is 0 Å². The molecule has 0 radical (unpaired) electrons. The Morgan fingerprint density at radius 3 is 2.62 bits per heavy atom. The Balaban J connectivity index is 1.78. The minimum atomic E-state index is -1.07. The van der Waals surface area contributed by atoms with Crippen LogP contribution in [0.2, 0.25) is 0 Å². The van der Waals surface area contributed by atoms with Gasteiger partial charge >= 0.3 is 5.97 Å². The van der Waals surface area contributed by atoms with Gasteiger partial charge in [0.1, 0.15) is 5.82 Å². The van der Waals surface area contributed by atoms with Gasteiger partial charge in [-0.25, -0.2) is 9.18 Å². The zero-order chi connectivity index (χ0) is 15.1. The highest BCUT2D eigenvalue weighted by Crippen LogP contribution is 2.12. The normalized spacial score (nSPS) is 10.5. The van der Waals surface area contributed by atoms with Gasteiger partial charge in [0.2, 0.25) is 0 Å². The smallest absolute Gasteiger partial charge is 0.335 e. The summed E-state index contributed by atoms with van der Waals surface area (Å²) in [5, 5.41) is 8.87. The standard InChI is InChI=1S/C17H17FO3/c18-16-9-8-14(17(19)20)11-15(16)12-21-10-4-7-13-5-2-1-3-6-13/h1-3,5-6,8-9,11H,4,7,10,12H2,(H,19,20). The summed E-state index contributed by atoms with van der Waals surface area (Å²) in [5.74, 6) is -1.51. The lowest BCUT2D eigenvalue weighted by Crippen LogP contribution is -2.03. The van der Waals surface area contributed by atoms with Crippen LogP contribution in [0.1, 0.15) is 27.9 Å². The first kappa shape index (κ1) is 15.2. The first-order chi connectivity index (χ1) is 10.2. The van der Waals surface area contributed by atoms with Gasteiger partial charge in [-0.05, 0) is 36.6 Å². The predicted octanol–water partition coefficient (Wildman–Crippen LogP) is 3.67. The van der Waals surface area contributed by atoms with Crippen LogP contribution in [-0.4, -0.2) is 17.7 Å². The molecule has 0 aromatic heterocycles. The van der Waals surface area contributed by atoms with E-state index in [1.807, 2.05) is 18.2 Å². The molecule has 0 aliphatic carbocycles. The van der Waals surface area contributed by atoms with E-state index in [1.54, 1.807) is 0 Å². The topological polar surface area (TPSA) is 46.5 Å². The third-order valence-corrected chi connectivity index (χ3v) is 3.15. The molecule has 0 saturated carbocycles. The zero-order valence-corrected chi connectivity index (χ0v) is 11.6. The van der Waals surface area contributed by atoms with Crippen molar-refractivity contribution < 1.29 is 19.0 Å². The van der Waals surface area contributed by atoms with Crippen molar-refractivity contribution in [2.45, 2.75) is 19.4 Å². The first-order valence-corrected chi connectivity index (χ1v) is 6.80. The fourth-order valence-electron chi connectivity index (χ4n) is 2.02. The van der Waals surface area contributed by atoms with Crippen molar-refractivity contribution in [1.29, 1.82) is 0 Å². The van der Waals surface area contributed by atoms with E-state index < -0.39 is 11.8 Å². The minimum absolute atomic E-state index is 0.0688. The Morgan fingerprint density at radius 1 is 1.14 bits per heavy atom. The Kier molecular flexibility index (Phi) is 5.46. The number of carboxylic acids is 1. The van der Waals surface area contributed by atoms with E-state index >= 15 is 0 Å². The Morgan fingerprint density at radius 2 is 1.90 bits per heavy atom. The van der Waals surface area contributed by atoms with Gasteiger partial charge in [-0.3, -0.25) is 0 Å². The number of hydrogen-bond donors (Lipinski definition) is 1. The highest BCUT2D eigenvalue weighted by Gasteiger charge is 2.08. The largest absolute Gasteiger partial charge is 0.478 e. The van der Waals surface area contributed by atoms with E-state index in [0.717, 1.165) is 18.9 Å². The summed E-state index contributed by atoms with van der Waals surface area (Å²) >= 11 is 0.